The third-order valence-electron chi connectivity index (χ3n) is 2.18. The van der Waals surface area contributed by atoms with Gasteiger partial charge in [0, 0.05) is 12.2 Å². The van der Waals surface area contributed by atoms with E-state index in [2.05, 4.69) is 10.6 Å². The molecule has 0 heterocycles. The van der Waals surface area contributed by atoms with Crippen molar-refractivity contribution in [3.05, 3.63) is 29.6 Å². The van der Waals surface area contributed by atoms with Gasteiger partial charge in [-0.2, -0.15) is 0 Å². The van der Waals surface area contributed by atoms with Crippen LogP contribution in [-0.2, 0) is 4.79 Å². The molecule has 2 N–H and O–H groups in total. The average molecular weight is 224 g/mol. The van der Waals surface area contributed by atoms with Crippen LogP contribution in [0.2, 0.25) is 0 Å². The van der Waals surface area contributed by atoms with Gasteiger partial charge < -0.3 is 10.6 Å². The van der Waals surface area contributed by atoms with Gasteiger partial charge in [-0.15, -0.1) is 0 Å². The van der Waals surface area contributed by atoms with Crippen LogP contribution in [0.15, 0.2) is 18.2 Å². The highest BCUT2D eigenvalue weighted by Crippen LogP contribution is 2.12. The Hall–Kier alpha value is -1.58. The summed E-state index contributed by atoms with van der Waals surface area (Å²) >= 11 is 0. The number of rotatable bonds is 5. The first-order valence-electron chi connectivity index (χ1n) is 5.40. The Balaban J connectivity index is 2.42. The van der Waals surface area contributed by atoms with Crippen molar-refractivity contribution in [1.29, 1.82) is 0 Å². The van der Waals surface area contributed by atoms with Crippen molar-refractivity contribution in [2.75, 3.05) is 18.4 Å². The number of benzene rings is 1. The van der Waals surface area contributed by atoms with Crippen LogP contribution in [0.25, 0.3) is 0 Å². The monoisotopic (exact) mass is 224 g/mol. The molecule has 0 saturated carbocycles. The molecule has 4 heteroatoms. The number of hydrogen-bond donors (Lipinski definition) is 2. The minimum absolute atomic E-state index is 0.0520. The van der Waals surface area contributed by atoms with Crippen LogP contribution >= 0.6 is 0 Å². The zero-order valence-electron chi connectivity index (χ0n) is 9.64. The Morgan fingerprint density at radius 2 is 2.19 bits per heavy atom. The smallest absolute Gasteiger partial charge is 0.239 e. The maximum absolute atomic E-state index is 13.0. The van der Waals surface area contributed by atoms with Crippen LogP contribution in [0.3, 0.4) is 0 Å². The lowest BCUT2D eigenvalue weighted by Crippen LogP contribution is -2.30. The van der Waals surface area contributed by atoms with E-state index in [-0.39, 0.29) is 18.3 Å². The number of carbonyl (C=O) groups excluding carboxylic acids is 1. The Labute approximate surface area is 95.0 Å². The Morgan fingerprint density at radius 3 is 2.81 bits per heavy atom. The van der Waals surface area contributed by atoms with Gasteiger partial charge in [0.25, 0.3) is 0 Å². The summed E-state index contributed by atoms with van der Waals surface area (Å²) in [4.78, 5) is 11.3. The van der Waals surface area contributed by atoms with Crippen LogP contribution < -0.4 is 10.6 Å². The summed E-state index contributed by atoms with van der Waals surface area (Å²) in [6, 6.07) is 4.69. The van der Waals surface area contributed by atoms with Crippen molar-refractivity contribution in [3.63, 3.8) is 0 Å². The predicted molar refractivity (Wildman–Crippen MR) is 62.9 cm³/mol. The molecule has 0 spiro atoms. The van der Waals surface area contributed by atoms with Crippen molar-refractivity contribution in [2.45, 2.75) is 20.3 Å². The van der Waals surface area contributed by atoms with Crippen molar-refractivity contribution in [1.82, 2.24) is 5.32 Å². The topological polar surface area (TPSA) is 41.1 Å². The van der Waals surface area contributed by atoms with Crippen LogP contribution in [0, 0.1) is 12.7 Å². The summed E-state index contributed by atoms with van der Waals surface area (Å²) in [6.07, 6.45) is 0.918. The molecule has 0 aliphatic heterocycles. The summed E-state index contributed by atoms with van der Waals surface area (Å²) in [5.41, 5.74) is 1.32. The quantitative estimate of drug-likeness (QED) is 0.804. The molecule has 0 saturated heterocycles. The first-order chi connectivity index (χ1) is 7.63. The van der Waals surface area contributed by atoms with Gasteiger partial charge in [-0.05, 0) is 37.1 Å². The van der Waals surface area contributed by atoms with E-state index in [1.165, 1.54) is 6.07 Å². The number of carbonyl (C=O) groups is 1. The van der Waals surface area contributed by atoms with Gasteiger partial charge in [0.05, 0.1) is 6.54 Å². The largest absolute Gasteiger partial charge is 0.376 e. The molecule has 1 aromatic rings. The maximum Gasteiger partial charge on any atom is 0.239 e. The second kappa shape index (κ2) is 6.10. The van der Waals surface area contributed by atoms with Gasteiger partial charge in [0.1, 0.15) is 5.82 Å². The van der Waals surface area contributed by atoms with Gasteiger partial charge in [-0.3, -0.25) is 4.79 Å². The van der Waals surface area contributed by atoms with E-state index in [9.17, 15) is 9.18 Å². The zero-order valence-corrected chi connectivity index (χ0v) is 9.64. The summed E-state index contributed by atoms with van der Waals surface area (Å²) in [5.74, 6) is -0.287. The molecule has 0 aliphatic carbocycles. The Kier molecular flexibility index (Phi) is 4.76. The van der Waals surface area contributed by atoms with E-state index in [1.807, 2.05) is 6.92 Å². The third-order valence-corrected chi connectivity index (χ3v) is 2.18. The molecule has 0 aromatic heterocycles. The lowest BCUT2D eigenvalue weighted by Gasteiger charge is -2.07. The van der Waals surface area contributed by atoms with Crippen molar-refractivity contribution < 1.29 is 9.18 Å². The van der Waals surface area contributed by atoms with E-state index >= 15 is 0 Å². The molecule has 0 bridgehead atoms. The average Bonchev–Trinajstić information content (AvgIpc) is 2.28. The summed E-state index contributed by atoms with van der Waals surface area (Å²) in [7, 11) is 0. The number of anilines is 1. The van der Waals surface area contributed by atoms with Gasteiger partial charge in [0.15, 0.2) is 0 Å². The van der Waals surface area contributed by atoms with Gasteiger partial charge in [-0.25, -0.2) is 4.39 Å². The lowest BCUT2D eigenvalue weighted by atomic mass is 10.2. The molecule has 0 unspecified atom stereocenters. The minimum Gasteiger partial charge on any atom is -0.376 e. The zero-order chi connectivity index (χ0) is 12.0. The van der Waals surface area contributed by atoms with E-state index in [1.54, 1.807) is 19.1 Å². The van der Waals surface area contributed by atoms with E-state index in [0.717, 1.165) is 12.1 Å². The SMILES string of the molecule is CCCNC(=O)CNc1ccc(F)c(C)c1. The maximum atomic E-state index is 13.0. The minimum atomic E-state index is -0.235. The van der Waals surface area contributed by atoms with E-state index in [4.69, 9.17) is 0 Å². The van der Waals surface area contributed by atoms with Crippen LogP contribution in [0.4, 0.5) is 10.1 Å². The van der Waals surface area contributed by atoms with E-state index < -0.39 is 0 Å². The Bertz CT molecular complexity index is 366. The second-order valence-corrected chi connectivity index (χ2v) is 3.67. The third kappa shape index (κ3) is 3.88. The van der Waals surface area contributed by atoms with Gasteiger partial charge in [0.2, 0.25) is 5.91 Å². The summed E-state index contributed by atoms with van der Waals surface area (Å²) in [5, 5.41) is 5.70. The molecular weight excluding hydrogens is 207 g/mol. The number of nitrogens with one attached hydrogen (secondary N) is 2. The van der Waals surface area contributed by atoms with Gasteiger partial charge in [-0.1, -0.05) is 6.92 Å². The van der Waals surface area contributed by atoms with Crippen LogP contribution in [0.1, 0.15) is 18.9 Å². The fourth-order valence-corrected chi connectivity index (χ4v) is 1.26. The first-order valence-corrected chi connectivity index (χ1v) is 5.40. The molecule has 1 rings (SSSR count). The lowest BCUT2D eigenvalue weighted by molar-refractivity contribution is -0.119. The number of aryl methyl sites for hydroxylation is 1. The highest BCUT2D eigenvalue weighted by Gasteiger charge is 2.01. The van der Waals surface area contributed by atoms with Crippen molar-refractivity contribution in [2.24, 2.45) is 0 Å². The predicted octanol–water partition coefficient (Wildman–Crippen LogP) is 2.07. The standard InChI is InChI=1S/C12H17FN2O/c1-3-6-14-12(16)8-15-10-4-5-11(13)9(2)7-10/h4-5,7,15H,3,6,8H2,1-2H3,(H,14,16). The molecule has 16 heavy (non-hydrogen) atoms. The summed E-state index contributed by atoms with van der Waals surface area (Å²) in [6.45, 7) is 4.59. The van der Waals surface area contributed by atoms with Crippen LogP contribution in [-0.4, -0.2) is 19.0 Å². The fraction of sp³-hybridized carbons (Fsp3) is 0.417. The second-order valence-electron chi connectivity index (χ2n) is 3.67. The van der Waals surface area contributed by atoms with Crippen LogP contribution in [0.5, 0.6) is 0 Å². The summed E-state index contributed by atoms with van der Waals surface area (Å²) < 4.78 is 13.0. The molecule has 1 amide bonds. The number of amides is 1. The first kappa shape index (κ1) is 12.5. The highest BCUT2D eigenvalue weighted by molar-refractivity contribution is 5.80. The molecule has 88 valence electrons. The molecule has 0 atom stereocenters. The molecule has 0 fully saturated rings. The molecule has 0 radical (unpaired) electrons. The molecule has 0 aliphatic rings. The molecule has 1 aromatic carbocycles. The normalized spacial score (nSPS) is 9.94. The molecule has 3 nitrogen and oxygen atoms in total. The highest BCUT2D eigenvalue weighted by atomic mass is 19.1. The number of halogens is 1. The Morgan fingerprint density at radius 1 is 1.44 bits per heavy atom. The van der Waals surface area contributed by atoms with E-state index in [0.29, 0.717) is 12.1 Å². The fourth-order valence-electron chi connectivity index (χ4n) is 1.26. The van der Waals surface area contributed by atoms with Crippen molar-refractivity contribution >= 4 is 11.6 Å². The molecular formula is C12H17FN2O. The van der Waals surface area contributed by atoms with Gasteiger partial charge >= 0.3 is 0 Å². The van der Waals surface area contributed by atoms with Crippen molar-refractivity contribution in [3.8, 4) is 0 Å². The number of hydrogen-bond acceptors (Lipinski definition) is 2.